The van der Waals surface area contributed by atoms with Crippen molar-refractivity contribution in [1.82, 2.24) is 15.3 Å². The number of nitrogens with zero attached hydrogens (tertiary/aromatic N) is 2. The Morgan fingerprint density at radius 1 is 1.35 bits per heavy atom. The molecule has 2 rings (SSSR count). The van der Waals surface area contributed by atoms with Gasteiger partial charge in [-0.3, -0.25) is 9.97 Å². The minimum atomic E-state index is -0.194. The molecule has 1 heterocycles. The maximum absolute atomic E-state index is 13.9. The topological polar surface area (TPSA) is 37.8 Å². The van der Waals surface area contributed by atoms with Gasteiger partial charge in [0.05, 0.1) is 11.7 Å². The minimum Gasteiger partial charge on any atom is -0.308 e. The van der Waals surface area contributed by atoms with E-state index in [1.165, 1.54) is 6.07 Å². The fourth-order valence-electron chi connectivity index (χ4n) is 2.01. The van der Waals surface area contributed by atoms with Gasteiger partial charge in [0.2, 0.25) is 0 Å². The van der Waals surface area contributed by atoms with Gasteiger partial charge in [0.15, 0.2) is 0 Å². The number of halogens is 2. The van der Waals surface area contributed by atoms with Gasteiger partial charge < -0.3 is 5.32 Å². The van der Waals surface area contributed by atoms with E-state index >= 15 is 0 Å². The van der Waals surface area contributed by atoms with Crippen LogP contribution in [0, 0.1) is 5.82 Å². The molecule has 3 nitrogen and oxygen atoms in total. The minimum absolute atomic E-state index is 0.0348. The van der Waals surface area contributed by atoms with Crippen molar-refractivity contribution in [2.45, 2.75) is 25.8 Å². The normalized spacial score (nSPS) is 12.3. The summed E-state index contributed by atoms with van der Waals surface area (Å²) < 4.78 is 14.8. The first-order valence-electron chi connectivity index (χ1n) is 6.64. The summed E-state index contributed by atoms with van der Waals surface area (Å²) in [6.07, 6.45) is 6.58. The summed E-state index contributed by atoms with van der Waals surface area (Å²) in [5.74, 6) is -0.194. The highest BCUT2D eigenvalue weighted by atomic mass is 79.9. The van der Waals surface area contributed by atoms with Crippen LogP contribution >= 0.6 is 15.9 Å². The third-order valence-electron chi connectivity index (χ3n) is 3.01. The van der Waals surface area contributed by atoms with Crippen LogP contribution in [0.3, 0.4) is 0 Å². The molecule has 0 aliphatic rings. The SMILES string of the molecule is CCCNC(Cc1cc(Br)ccc1F)c1cnccn1. The molecule has 5 heteroatoms. The second kappa shape index (κ2) is 7.45. The van der Waals surface area contributed by atoms with E-state index in [4.69, 9.17) is 0 Å². The summed E-state index contributed by atoms with van der Waals surface area (Å²) in [4.78, 5) is 8.41. The number of rotatable bonds is 6. The Kier molecular flexibility index (Phi) is 5.61. The largest absolute Gasteiger partial charge is 0.308 e. The van der Waals surface area contributed by atoms with Gasteiger partial charge in [-0.1, -0.05) is 22.9 Å². The molecule has 1 atom stereocenters. The van der Waals surface area contributed by atoms with Crippen LogP contribution in [0.5, 0.6) is 0 Å². The van der Waals surface area contributed by atoms with E-state index in [2.05, 4.69) is 38.1 Å². The Bertz CT molecular complexity index is 548. The fourth-order valence-corrected chi connectivity index (χ4v) is 2.42. The number of hydrogen-bond donors (Lipinski definition) is 1. The van der Waals surface area contributed by atoms with Crippen LogP contribution in [0.2, 0.25) is 0 Å². The average Bonchev–Trinajstić information content (AvgIpc) is 2.48. The molecule has 0 fully saturated rings. The van der Waals surface area contributed by atoms with Crippen LogP contribution in [0.4, 0.5) is 4.39 Å². The number of aromatic nitrogens is 2. The van der Waals surface area contributed by atoms with Crippen LogP contribution in [0.1, 0.15) is 30.6 Å². The fraction of sp³-hybridized carbons (Fsp3) is 0.333. The predicted molar refractivity (Wildman–Crippen MR) is 80.9 cm³/mol. The highest BCUT2D eigenvalue weighted by Gasteiger charge is 2.15. The Morgan fingerprint density at radius 2 is 2.20 bits per heavy atom. The summed E-state index contributed by atoms with van der Waals surface area (Å²) >= 11 is 3.38. The monoisotopic (exact) mass is 337 g/mol. The summed E-state index contributed by atoms with van der Waals surface area (Å²) in [6.45, 7) is 2.96. The zero-order valence-corrected chi connectivity index (χ0v) is 12.9. The lowest BCUT2D eigenvalue weighted by Gasteiger charge is -2.18. The van der Waals surface area contributed by atoms with Gasteiger partial charge in [-0.2, -0.15) is 0 Å². The molecule has 0 spiro atoms. The van der Waals surface area contributed by atoms with Gasteiger partial charge in [0, 0.05) is 23.1 Å². The van der Waals surface area contributed by atoms with E-state index in [1.54, 1.807) is 24.7 Å². The van der Waals surface area contributed by atoms with Crippen LogP contribution in [-0.4, -0.2) is 16.5 Å². The molecule has 1 unspecified atom stereocenters. The second-order valence-corrected chi connectivity index (χ2v) is 5.49. The first kappa shape index (κ1) is 15.1. The maximum Gasteiger partial charge on any atom is 0.126 e. The summed E-state index contributed by atoms with van der Waals surface area (Å²) in [6, 6.07) is 4.96. The molecule has 1 N–H and O–H groups in total. The molecular formula is C15H17BrFN3. The standard InChI is InChI=1S/C15H17BrFN3/c1-2-5-19-14(15-10-18-6-7-20-15)9-11-8-12(16)3-4-13(11)17/h3-4,6-8,10,14,19H,2,5,9H2,1H3. The zero-order chi connectivity index (χ0) is 14.4. The number of hydrogen-bond acceptors (Lipinski definition) is 3. The molecule has 0 saturated carbocycles. The molecule has 0 aliphatic heterocycles. The first-order valence-corrected chi connectivity index (χ1v) is 7.43. The van der Waals surface area contributed by atoms with Crippen molar-refractivity contribution in [3.05, 3.63) is 58.3 Å². The lowest BCUT2D eigenvalue weighted by Crippen LogP contribution is -2.25. The highest BCUT2D eigenvalue weighted by Crippen LogP contribution is 2.21. The molecular weight excluding hydrogens is 321 g/mol. The number of nitrogens with one attached hydrogen (secondary N) is 1. The molecule has 20 heavy (non-hydrogen) atoms. The van der Waals surface area contributed by atoms with Crippen LogP contribution in [0.15, 0.2) is 41.3 Å². The molecule has 0 amide bonds. The van der Waals surface area contributed by atoms with E-state index in [0.717, 1.165) is 23.1 Å². The van der Waals surface area contributed by atoms with Crippen LogP contribution in [-0.2, 0) is 6.42 Å². The van der Waals surface area contributed by atoms with Crippen LogP contribution < -0.4 is 5.32 Å². The van der Waals surface area contributed by atoms with Crippen molar-refractivity contribution >= 4 is 15.9 Å². The zero-order valence-electron chi connectivity index (χ0n) is 11.3. The molecule has 106 valence electrons. The maximum atomic E-state index is 13.9. The molecule has 2 aromatic rings. The van der Waals surface area contributed by atoms with Crippen molar-refractivity contribution in [3.63, 3.8) is 0 Å². The van der Waals surface area contributed by atoms with Gasteiger partial charge >= 0.3 is 0 Å². The molecule has 1 aromatic carbocycles. The van der Waals surface area contributed by atoms with E-state index in [9.17, 15) is 4.39 Å². The lowest BCUT2D eigenvalue weighted by molar-refractivity contribution is 0.502. The van der Waals surface area contributed by atoms with E-state index in [-0.39, 0.29) is 11.9 Å². The summed E-state index contributed by atoms with van der Waals surface area (Å²) in [5, 5.41) is 3.40. The third kappa shape index (κ3) is 4.08. The van der Waals surface area contributed by atoms with Gasteiger partial charge in [-0.05, 0) is 43.1 Å². The smallest absolute Gasteiger partial charge is 0.126 e. The molecule has 0 radical (unpaired) electrons. The second-order valence-electron chi connectivity index (χ2n) is 4.58. The van der Waals surface area contributed by atoms with Crippen molar-refractivity contribution in [2.24, 2.45) is 0 Å². The van der Waals surface area contributed by atoms with Gasteiger partial charge in [0.1, 0.15) is 5.82 Å². The lowest BCUT2D eigenvalue weighted by atomic mass is 10.0. The van der Waals surface area contributed by atoms with E-state index < -0.39 is 0 Å². The Hall–Kier alpha value is -1.33. The Morgan fingerprint density at radius 3 is 2.90 bits per heavy atom. The quantitative estimate of drug-likeness (QED) is 0.873. The van der Waals surface area contributed by atoms with E-state index in [0.29, 0.717) is 12.0 Å². The molecule has 1 aromatic heterocycles. The molecule has 0 aliphatic carbocycles. The van der Waals surface area contributed by atoms with Crippen molar-refractivity contribution in [3.8, 4) is 0 Å². The third-order valence-corrected chi connectivity index (χ3v) is 3.51. The van der Waals surface area contributed by atoms with Gasteiger partial charge in [-0.25, -0.2) is 4.39 Å². The van der Waals surface area contributed by atoms with Crippen molar-refractivity contribution < 1.29 is 4.39 Å². The Balaban J connectivity index is 2.21. The van der Waals surface area contributed by atoms with Crippen LogP contribution in [0.25, 0.3) is 0 Å². The average molecular weight is 338 g/mol. The van der Waals surface area contributed by atoms with Gasteiger partial charge in [0.25, 0.3) is 0 Å². The van der Waals surface area contributed by atoms with Crippen molar-refractivity contribution in [2.75, 3.05) is 6.54 Å². The highest BCUT2D eigenvalue weighted by molar-refractivity contribution is 9.10. The van der Waals surface area contributed by atoms with Crippen molar-refractivity contribution in [1.29, 1.82) is 0 Å². The Labute approximate surface area is 126 Å². The molecule has 0 saturated heterocycles. The summed E-state index contributed by atoms with van der Waals surface area (Å²) in [7, 11) is 0. The summed E-state index contributed by atoms with van der Waals surface area (Å²) in [5.41, 5.74) is 1.50. The van der Waals surface area contributed by atoms with E-state index in [1.807, 2.05) is 6.07 Å². The van der Waals surface area contributed by atoms with Gasteiger partial charge in [-0.15, -0.1) is 0 Å². The predicted octanol–water partition coefficient (Wildman–Crippen LogP) is 3.66. The first-order chi connectivity index (χ1) is 9.70. The number of benzene rings is 1. The molecule has 0 bridgehead atoms.